The van der Waals surface area contributed by atoms with Crippen LogP contribution in [0, 0.1) is 25.2 Å². The zero-order chi connectivity index (χ0) is 21.0. The molecule has 0 aliphatic heterocycles. The fraction of sp³-hybridized carbons (Fsp3) is 0.636. The van der Waals surface area contributed by atoms with Crippen molar-refractivity contribution in [3.05, 3.63) is 28.8 Å². The highest BCUT2D eigenvalue weighted by atomic mass is 16.2. The second-order valence-corrected chi connectivity index (χ2v) is 7.06. The van der Waals surface area contributed by atoms with E-state index in [9.17, 15) is 4.79 Å². The molecule has 2 N–H and O–H groups in total. The number of nitrogens with one attached hydrogen (secondary N) is 2. The topological polar surface area (TPSA) is 64.9 Å². The molecule has 152 valence electrons. The van der Waals surface area contributed by atoms with Crippen LogP contribution in [-0.2, 0) is 4.79 Å². The third-order valence-corrected chi connectivity index (χ3v) is 4.81. The molecule has 0 aliphatic carbocycles. The zero-order valence-electron chi connectivity index (χ0n) is 18.6. The molecule has 1 aromatic carbocycles. The van der Waals surface area contributed by atoms with Crippen molar-refractivity contribution in [1.82, 2.24) is 5.32 Å². The van der Waals surface area contributed by atoms with Crippen molar-refractivity contribution < 1.29 is 9.28 Å². The maximum atomic E-state index is 13.0. The molecule has 5 heteroatoms. The van der Waals surface area contributed by atoms with Crippen molar-refractivity contribution in [3.8, 4) is 6.07 Å². The molecular weight excluding hydrogens is 336 g/mol. The third kappa shape index (κ3) is 6.97. The van der Waals surface area contributed by atoms with Gasteiger partial charge in [-0.05, 0) is 57.0 Å². The number of quaternary nitrogens is 1. The third-order valence-electron chi connectivity index (χ3n) is 4.81. The Morgan fingerprint density at radius 3 is 2.11 bits per heavy atom. The van der Waals surface area contributed by atoms with E-state index in [0.717, 1.165) is 49.2 Å². The minimum Gasteiger partial charge on any atom is -0.319 e. The molecule has 0 heterocycles. The quantitative estimate of drug-likeness (QED) is 0.498. The summed E-state index contributed by atoms with van der Waals surface area (Å²) in [7, 11) is 4.00. The van der Waals surface area contributed by atoms with Gasteiger partial charge in [0.15, 0.2) is 0 Å². The summed E-state index contributed by atoms with van der Waals surface area (Å²) in [6.45, 7) is 14.1. The summed E-state index contributed by atoms with van der Waals surface area (Å²) in [5.41, 5.74) is 3.26. The van der Waals surface area contributed by atoms with E-state index in [0.29, 0.717) is 10.0 Å². The number of carbonyl (C=O) groups is 1. The van der Waals surface area contributed by atoms with Gasteiger partial charge < -0.3 is 9.80 Å². The Kier molecular flexibility index (Phi) is 11.6. The first kappa shape index (κ1) is 25.1. The molecule has 0 saturated heterocycles. The predicted molar refractivity (Wildman–Crippen MR) is 115 cm³/mol. The van der Waals surface area contributed by atoms with Crippen molar-refractivity contribution in [2.75, 3.05) is 32.5 Å². The van der Waals surface area contributed by atoms with Crippen LogP contribution in [0.1, 0.15) is 63.6 Å². The van der Waals surface area contributed by atoms with Gasteiger partial charge in [0.1, 0.15) is 0 Å². The van der Waals surface area contributed by atoms with E-state index in [2.05, 4.69) is 37.6 Å². The van der Waals surface area contributed by atoms with E-state index in [4.69, 9.17) is 5.26 Å². The zero-order valence-corrected chi connectivity index (χ0v) is 18.6. The lowest BCUT2D eigenvalue weighted by atomic mass is 10.0. The van der Waals surface area contributed by atoms with Crippen molar-refractivity contribution in [3.63, 3.8) is 0 Å². The first-order valence-electron chi connectivity index (χ1n) is 10.2. The molecule has 1 aromatic rings. The van der Waals surface area contributed by atoms with Gasteiger partial charge in [0.25, 0.3) is 5.91 Å². The fourth-order valence-corrected chi connectivity index (χ4v) is 3.54. The Balaban J connectivity index is 0.00000326. The summed E-state index contributed by atoms with van der Waals surface area (Å²) in [6, 6.07) is 5.79. The number of benzene rings is 1. The summed E-state index contributed by atoms with van der Waals surface area (Å²) < 4.78 is 0.682. The Bertz CT molecular complexity index is 613. The van der Waals surface area contributed by atoms with Crippen LogP contribution in [0.15, 0.2) is 12.1 Å². The monoisotopic (exact) mass is 375 g/mol. The van der Waals surface area contributed by atoms with Crippen molar-refractivity contribution in [2.24, 2.45) is 0 Å². The molecule has 27 heavy (non-hydrogen) atoms. The number of hydrogen-bond acceptors (Lipinski definition) is 3. The molecule has 0 spiro atoms. The number of hydrogen-bond donors (Lipinski definition) is 2. The average Bonchev–Trinajstić information content (AvgIpc) is 2.65. The molecule has 2 atom stereocenters. The number of carbonyl (C=O) groups excluding carboxylic acids is 1. The van der Waals surface area contributed by atoms with Gasteiger partial charge in [-0.1, -0.05) is 34.1 Å². The smallest absolute Gasteiger partial charge is 0.298 e. The number of aryl methyl sites for hydroxylation is 2. The summed E-state index contributed by atoms with van der Waals surface area (Å²) in [5, 5.41) is 15.4. The molecule has 0 saturated carbocycles. The summed E-state index contributed by atoms with van der Waals surface area (Å²) in [4.78, 5) is 13.0. The first-order valence-corrected chi connectivity index (χ1v) is 10.2. The van der Waals surface area contributed by atoms with E-state index in [1.807, 2.05) is 46.9 Å². The van der Waals surface area contributed by atoms with Crippen molar-refractivity contribution in [2.45, 2.75) is 67.0 Å². The summed E-state index contributed by atoms with van der Waals surface area (Å²) >= 11 is 0. The Morgan fingerprint density at radius 1 is 1.15 bits per heavy atom. The number of unbranched alkanes of at least 4 members (excludes halogenated alkanes) is 1. The molecule has 0 bridgehead atoms. The minimum atomic E-state index is -0.305. The standard InChI is InChI=1S/C20H32N4O.C2H6/c1-7-9-11-24(6,10-8-2)19(22-5)20(25)23-18-15(3)12-17(14-21)13-16(18)4;1-2/h12-13,19,22H,7-11H2,1-6H3;1-2H3/p+1. The lowest BCUT2D eigenvalue weighted by Crippen LogP contribution is -2.63. The Morgan fingerprint density at radius 2 is 1.70 bits per heavy atom. The van der Waals surface area contributed by atoms with Crippen LogP contribution >= 0.6 is 0 Å². The van der Waals surface area contributed by atoms with E-state index in [1.54, 1.807) is 0 Å². The Hall–Kier alpha value is -1.90. The second-order valence-electron chi connectivity index (χ2n) is 7.06. The van der Waals surface area contributed by atoms with Crippen molar-refractivity contribution in [1.29, 1.82) is 5.26 Å². The predicted octanol–water partition coefficient (Wildman–Crippen LogP) is 4.34. The Labute approximate surface area is 166 Å². The largest absolute Gasteiger partial charge is 0.319 e. The first-order chi connectivity index (χ1) is 12.8. The highest BCUT2D eigenvalue weighted by molar-refractivity contribution is 5.95. The minimum absolute atomic E-state index is 0.0227. The number of anilines is 1. The number of rotatable bonds is 9. The van der Waals surface area contributed by atoms with Crippen LogP contribution in [0.4, 0.5) is 5.69 Å². The average molecular weight is 376 g/mol. The number of amides is 1. The maximum absolute atomic E-state index is 13.0. The van der Waals surface area contributed by atoms with E-state index in [1.165, 1.54) is 0 Å². The number of likely N-dealkylation sites (N-methyl/N-ethyl adjacent to an activating group) is 2. The molecule has 2 unspecified atom stereocenters. The van der Waals surface area contributed by atoms with Crippen LogP contribution < -0.4 is 10.6 Å². The van der Waals surface area contributed by atoms with E-state index < -0.39 is 0 Å². The summed E-state index contributed by atoms with van der Waals surface area (Å²) in [6.07, 6.45) is 2.93. The normalized spacial score (nSPS) is 13.6. The van der Waals surface area contributed by atoms with Gasteiger partial charge in [0.2, 0.25) is 6.17 Å². The lowest BCUT2D eigenvalue weighted by Gasteiger charge is -2.40. The molecule has 0 aliphatic rings. The van der Waals surface area contributed by atoms with Crippen LogP contribution in [0.2, 0.25) is 0 Å². The molecule has 0 fully saturated rings. The molecule has 5 nitrogen and oxygen atoms in total. The van der Waals surface area contributed by atoms with Crippen molar-refractivity contribution >= 4 is 11.6 Å². The molecule has 1 rings (SSSR count). The lowest BCUT2D eigenvalue weighted by molar-refractivity contribution is -0.927. The highest BCUT2D eigenvalue weighted by Crippen LogP contribution is 2.23. The number of nitriles is 1. The second kappa shape index (κ2) is 12.5. The molecular formula is C22H39N4O+. The highest BCUT2D eigenvalue weighted by Gasteiger charge is 2.36. The maximum Gasteiger partial charge on any atom is 0.298 e. The van der Waals surface area contributed by atoms with Gasteiger partial charge in [0, 0.05) is 5.69 Å². The van der Waals surface area contributed by atoms with Crippen LogP contribution in [-0.4, -0.2) is 43.7 Å². The summed E-state index contributed by atoms with van der Waals surface area (Å²) in [5.74, 6) is -0.0227. The fourth-order valence-electron chi connectivity index (χ4n) is 3.54. The van der Waals surface area contributed by atoms with Gasteiger partial charge in [-0.15, -0.1) is 0 Å². The van der Waals surface area contributed by atoms with Gasteiger partial charge in [-0.25, -0.2) is 0 Å². The van der Waals surface area contributed by atoms with Gasteiger partial charge >= 0.3 is 0 Å². The van der Waals surface area contributed by atoms with Crippen LogP contribution in [0.25, 0.3) is 0 Å². The van der Waals surface area contributed by atoms with E-state index in [-0.39, 0.29) is 12.1 Å². The number of nitrogens with zero attached hydrogens (tertiary/aromatic N) is 2. The van der Waals surface area contributed by atoms with Crippen LogP contribution in [0.5, 0.6) is 0 Å². The van der Waals surface area contributed by atoms with Crippen LogP contribution in [0.3, 0.4) is 0 Å². The molecule has 0 aromatic heterocycles. The van der Waals surface area contributed by atoms with Gasteiger partial charge in [0.05, 0.1) is 31.8 Å². The molecule has 0 radical (unpaired) electrons. The SMILES string of the molecule is CC.CCCC[N+](C)(CCC)C(NC)C(=O)Nc1c(C)cc(C#N)cc1C. The van der Waals surface area contributed by atoms with E-state index >= 15 is 0 Å². The van der Waals surface area contributed by atoms with Gasteiger partial charge in [-0.3, -0.25) is 10.1 Å². The van der Waals surface area contributed by atoms with Gasteiger partial charge in [-0.2, -0.15) is 5.26 Å². The molecule has 1 amide bonds.